The minimum atomic E-state index is -0.411. The number of benzene rings is 2. The second-order valence-electron chi connectivity index (χ2n) is 7.28. The molecule has 0 saturated carbocycles. The summed E-state index contributed by atoms with van der Waals surface area (Å²) < 4.78 is 11.3. The lowest BCUT2D eigenvalue weighted by Gasteiger charge is -2.42. The first kappa shape index (κ1) is 19.4. The van der Waals surface area contributed by atoms with Gasteiger partial charge in [-0.2, -0.15) is 0 Å². The lowest BCUT2D eigenvalue weighted by molar-refractivity contribution is -0.163. The molecule has 0 radical (unpaired) electrons. The Morgan fingerprint density at radius 1 is 1.11 bits per heavy atom. The van der Waals surface area contributed by atoms with E-state index in [1.54, 1.807) is 7.11 Å². The number of morpholine rings is 1. The van der Waals surface area contributed by atoms with Crippen LogP contribution in [0.15, 0.2) is 54.6 Å². The zero-order chi connectivity index (χ0) is 19.2. The topological polar surface area (TPSA) is 38.8 Å². The van der Waals surface area contributed by atoms with E-state index >= 15 is 0 Å². The van der Waals surface area contributed by atoms with Crippen LogP contribution >= 0.6 is 0 Å². The van der Waals surface area contributed by atoms with Crippen LogP contribution in [0, 0.1) is 5.92 Å². The van der Waals surface area contributed by atoms with Crippen LogP contribution in [0.5, 0.6) is 5.75 Å². The molecule has 1 amide bonds. The van der Waals surface area contributed by atoms with Crippen LogP contribution in [0.4, 0.5) is 0 Å². The molecule has 1 unspecified atom stereocenters. The molecule has 1 aliphatic heterocycles. The lowest BCUT2D eigenvalue weighted by Crippen LogP contribution is -2.56. The predicted octanol–water partition coefficient (Wildman–Crippen LogP) is 4.08. The van der Waals surface area contributed by atoms with E-state index in [1.807, 2.05) is 59.5 Å². The summed E-state index contributed by atoms with van der Waals surface area (Å²) in [7, 11) is 1.66. The highest BCUT2D eigenvalue weighted by molar-refractivity contribution is 5.82. The highest BCUT2D eigenvalue weighted by atomic mass is 16.5. The van der Waals surface area contributed by atoms with Gasteiger partial charge in [-0.1, -0.05) is 62.7 Å². The van der Waals surface area contributed by atoms with Crippen LogP contribution in [-0.4, -0.2) is 36.7 Å². The lowest BCUT2D eigenvalue weighted by atomic mass is 9.94. The molecule has 0 aliphatic carbocycles. The van der Waals surface area contributed by atoms with Crippen molar-refractivity contribution < 1.29 is 14.3 Å². The van der Waals surface area contributed by atoms with Gasteiger partial charge >= 0.3 is 0 Å². The molecule has 144 valence electrons. The summed E-state index contributed by atoms with van der Waals surface area (Å²) >= 11 is 0. The molecule has 1 fully saturated rings. The molecule has 1 saturated heterocycles. The molecule has 3 rings (SSSR count). The first-order valence-electron chi connectivity index (χ1n) is 9.71. The molecule has 0 N–H and O–H groups in total. The van der Waals surface area contributed by atoms with Crippen LogP contribution in [-0.2, 0) is 22.5 Å². The fourth-order valence-electron chi connectivity index (χ4n) is 3.57. The Kier molecular flexibility index (Phi) is 6.51. The van der Waals surface area contributed by atoms with Gasteiger partial charge in [0.15, 0.2) is 0 Å². The van der Waals surface area contributed by atoms with Crippen molar-refractivity contribution in [2.75, 3.05) is 13.7 Å². The fraction of sp³-hybridized carbons (Fsp3) is 0.435. The third-order valence-electron chi connectivity index (χ3n) is 5.50. The zero-order valence-electron chi connectivity index (χ0n) is 16.4. The molecular formula is C23H29NO3. The number of carbonyl (C=O) groups excluding carboxylic acids is 1. The van der Waals surface area contributed by atoms with Crippen LogP contribution in [0.3, 0.4) is 0 Å². The third-order valence-corrected chi connectivity index (χ3v) is 5.50. The highest BCUT2D eigenvalue weighted by Gasteiger charge is 2.38. The number of hydrogen-bond acceptors (Lipinski definition) is 3. The molecule has 27 heavy (non-hydrogen) atoms. The quantitative estimate of drug-likeness (QED) is 0.740. The number of carbonyl (C=O) groups is 1. The molecule has 0 aromatic heterocycles. The average Bonchev–Trinajstić information content (AvgIpc) is 2.72. The molecule has 4 heteroatoms. The van der Waals surface area contributed by atoms with Gasteiger partial charge < -0.3 is 14.4 Å². The summed E-state index contributed by atoms with van der Waals surface area (Å²) in [6.45, 7) is 5.55. The highest BCUT2D eigenvalue weighted by Crippen LogP contribution is 2.26. The Hall–Kier alpha value is -2.33. The summed E-state index contributed by atoms with van der Waals surface area (Å²) in [5.74, 6) is 1.31. The van der Waals surface area contributed by atoms with Crippen LogP contribution < -0.4 is 4.74 Å². The molecule has 4 nitrogen and oxygen atoms in total. The fourth-order valence-corrected chi connectivity index (χ4v) is 3.57. The van der Waals surface area contributed by atoms with Gasteiger partial charge in [0, 0.05) is 13.0 Å². The normalized spacial score (nSPS) is 21.1. The molecule has 2 aromatic carbocycles. The number of amides is 1. The SMILES string of the molecule is CCC(C)[C@H]1CO[C@H](Cc2ccccc2)C(=O)N1Cc1ccc(OC)cc1. The maximum Gasteiger partial charge on any atom is 0.252 e. The van der Waals surface area contributed by atoms with Crippen LogP contribution in [0.1, 0.15) is 31.4 Å². The minimum absolute atomic E-state index is 0.0891. The van der Waals surface area contributed by atoms with Gasteiger partial charge in [0.25, 0.3) is 5.91 Å². The molecule has 3 atom stereocenters. The predicted molar refractivity (Wildman–Crippen MR) is 107 cm³/mol. The number of hydrogen-bond donors (Lipinski definition) is 0. The first-order valence-corrected chi connectivity index (χ1v) is 9.71. The minimum Gasteiger partial charge on any atom is -0.497 e. The van der Waals surface area contributed by atoms with Crippen molar-refractivity contribution in [1.82, 2.24) is 4.90 Å². The van der Waals surface area contributed by atoms with E-state index < -0.39 is 6.10 Å². The zero-order valence-corrected chi connectivity index (χ0v) is 16.4. The molecule has 2 aromatic rings. The Morgan fingerprint density at radius 3 is 2.44 bits per heavy atom. The molecular weight excluding hydrogens is 338 g/mol. The molecule has 1 aliphatic rings. The van der Waals surface area contributed by atoms with Crippen LogP contribution in [0.25, 0.3) is 0 Å². The van der Waals surface area contributed by atoms with Gasteiger partial charge in [0.2, 0.25) is 0 Å². The number of rotatable bonds is 7. The van der Waals surface area contributed by atoms with Gasteiger partial charge in [-0.15, -0.1) is 0 Å². The summed E-state index contributed by atoms with van der Waals surface area (Å²) in [6.07, 6.45) is 1.22. The maximum absolute atomic E-state index is 13.3. The Balaban J connectivity index is 1.78. The van der Waals surface area contributed by atoms with Gasteiger partial charge in [0.05, 0.1) is 19.8 Å². The van der Waals surface area contributed by atoms with Gasteiger partial charge in [-0.25, -0.2) is 0 Å². The van der Waals surface area contributed by atoms with E-state index in [9.17, 15) is 4.79 Å². The van der Waals surface area contributed by atoms with Crippen molar-refractivity contribution in [2.45, 2.75) is 45.4 Å². The van der Waals surface area contributed by atoms with Crippen molar-refractivity contribution in [2.24, 2.45) is 5.92 Å². The molecule has 0 bridgehead atoms. The first-order chi connectivity index (χ1) is 13.1. The van der Waals surface area contributed by atoms with Crippen molar-refractivity contribution in [3.63, 3.8) is 0 Å². The third kappa shape index (κ3) is 4.69. The van der Waals surface area contributed by atoms with Gasteiger partial charge in [-0.05, 0) is 29.2 Å². The standard InChI is InChI=1S/C23H29NO3/c1-4-17(2)21-16-27-22(14-18-8-6-5-7-9-18)23(25)24(21)15-19-10-12-20(26-3)13-11-19/h5-13,17,21-22H,4,14-16H2,1-3H3/t17?,21-,22-/m1/s1. The monoisotopic (exact) mass is 367 g/mol. The second kappa shape index (κ2) is 9.05. The number of ether oxygens (including phenoxy) is 2. The van der Waals surface area contributed by atoms with Crippen molar-refractivity contribution >= 4 is 5.91 Å². The Morgan fingerprint density at radius 2 is 1.81 bits per heavy atom. The van der Waals surface area contributed by atoms with Crippen molar-refractivity contribution in [1.29, 1.82) is 0 Å². The number of nitrogens with zero attached hydrogens (tertiary/aromatic N) is 1. The second-order valence-corrected chi connectivity index (χ2v) is 7.28. The Bertz CT molecular complexity index is 729. The summed E-state index contributed by atoms with van der Waals surface area (Å²) in [6, 6.07) is 18.1. The largest absolute Gasteiger partial charge is 0.497 e. The van der Waals surface area contributed by atoms with Crippen LogP contribution in [0.2, 0.25) is 0 Å². The summed E-state index contributed by atoms with van der Waals surface area (Å²) in [5, 5.41) is 0. The van der Waals surface area contributed by atoms with Gasteiger partial charge in [-0.3, -0.25) is 4.79 Å². The molecule has 0 spiro atoms. The van der Waals surface area contributed by atoms with E-state index in [2.05, 4.69) is 13.8 Å². The van der Waals surface area contributed by atoms with Crippen molar-refractivity contribution in [3.05, 3.63) is 65.7 Å². The molecule has 1 heterocycles. The van der Waals surface area contributed by atoms with E-state index in [-0.39, 0.29) is 11.9 Å². The number of methoxy groups -OCH3 is 1. The van der Waals surface area contributed by atoms with Crippen molar-refractivity contribution in [3.8, 4) is 5.75 Å². The summed E-state index contributed by atoms with van der Waals surface area (Å²) in [5.41, 5.74) is 2.24. The van der Waals surface area contributed by atoms with E-state index in [0.29, 0.717) is 25.5 Å². The van der Waals surface area contributed by atoms with E-state index in [1.165, 1.54) is 0 Å². The summed E-state index contributed by atoms with van der Waals surface area (Å²) in [4.78, 5) is 15.3. The Labute approximate surface area is 162 Å². The average molecular weight is 367 g/mol. The smallest absolute Gasteiger partial charge is 0.252 e. The maximum atomic E-state index is 13.3. The van der Waals surface area contributed by atoms with Gasteiger partial charge in [0.1, 0.15) is 11.9 Å². The van der Waals surface area contributed by atoms with E-state index in [4.69, 9.17) is 9.47 Å². The van der Waals surface area contributed by atoms with E-state index in [0.717, 1.165) is 23.3 Å².